The predicted octanol–water partition coefficient (Wildman–Crippen LogP) is 3.27. The van der Waals surface area contributed by atoms with Crippen molar-refractivity contribution < 1.29 is 9.59 Å². The molecular formula is C17H22N4O2S. The molecule has 2 aromatic rings. The minimum atomic E-state index is -0.234. The highest BCUT2D eigenvalue weighted by Crippen LogP contribution is 2.22. The van der Waals surface area contributed by atoms with Crippen molar-refractivity contribution in [1.29, 1.82) is 0 Å². The summed E-state index contributed by atoms with van der Waals surface area (Å²) in [7, 11) is 1.57. The Morgan fingerprint density at radius 2 is 2.04 bits per heavy atom. The molecule has 1 aromatic heterocycles. The Bertz CT molecular complexity index is 742. The highest BCUT2D eigenvalue weighted by molar-refractivity contribution is 7.17. The van der Waals surface area contributed by atoms with Crippen molar-refractivity contribution in [2.45, 2.75) is 33.2 Å². The number of nitrogens with zero attached hydrogens (tertiary/aromatic N) is 1. The molecule has 0 spiro atoms. The summed E-state index contributed by atoms with van der Waals surface area (Å²) >= 11 is 1.31. The number of hydrogen-bond acceptors (Lipinski definition) is 5. The Morgan fingerprint density at radius 3 is 2.71 bits per heavy atom. The zero-order valence-corrected chi connectivity index (χ0v) is 15.1. The number of carbonyl (C=O) groups excluding carboxylic acids is 2. The van der Waals surface area contributed by atoms with Crippen LogP contribution >= 0.6 is 11.3 Å². The number of thiazole rings is 1. The van der Waals surface area contributed by atoms with Crippen LogP contribution in [0, 0.1) is 6.92 Å². The molecule has 7 heteroatoms. The van der Waals surface area contributed by atoms with Gasteiger partial charge in [0.1, 0.15) is 4.88 Å². The average molecular weight is 346 g/mol. The third kappa shape index (κ3) is 4.32. The molecule has 0 saturated heterocycles. The van der Waals surface area contributed by atoms with Crippen molar-refractivity contribution in [3.8, 4) is 0 Å². The van der Waals surface area contributed by atoms with E-state index in [2.05, 4.69) is 34.8 Å². The van der Waals surface area contributed by atoms with E-state index in [9.17, 15) is 9.59 Å². The molecule has 1 heterocycles. The monoisotopic (exact) mass is 346 g/mol. The molecule has 2 rings (SSSR count). The second-order valence-corrected chi connectivity index (χ2v) is 6.58. The van der Waals surface area contributed by atoms with Gasteiger partial charge >= 0.3 is 0 Å². The largest absolute Gasteiger partial charge is 0.359 e. The number of nitrogens with one attached hydrogen (secondary N) is 3. The predicted molar refractivity (Wildman–Crippen MR) is 98.0 cm³/mol. The molecule has 2 amide bonds. The zero-order chi connectivity index (χ0) is 17.7. The van der Waals surface area contributed by atoms with Gasteiger partial charge in [-0.05, 0) is 38.0 Å². The first-order chi connectivity index (χ1) is 11.4. The number of aromatic nitrogens is 1. The topological polar surface area (TPSA) is 83.1 Å². The van der Waals surface area contributed by atoms with Gasteiger partial charge in [-0.3, -0.25) is 9.59 Å². The molecular weight excluding hydrogens is 324 g/mol. The SMILES string of the molecule is CC[C@@H](C)Nc1ncc(C(=O)Nc2cc(C(=O)NC)ccc2C)s1. The third-order valence-corrected chi connectivity index (χ3v) is 4.61. The fraction of sp³-hybridized carbons (Fsp3) is 0.353. The normalized spacial score (nSPS) is 11.7. The Balaban J connectivity index is 2.13. The summed E-state index contributed by atoms with van der Waals surface area (Å²) < 4.78 is 0. The standard InChI is InChI=1S/C17H22N4O2S/c1-5-11(3)20-17-19-9-14(24-17)16(23)21-13-8-12(15(22)18-4)7-6-10(13)2/h6-9,11H,5H2,1-4H3,(H,18,22)(H,19,20)(H,21,23)/t11-/m1/s1. The number of anilines is 2. The van der Waals surface area contributed by atoms with Gasteiger partial charge in [0.15, 0.2) is 5.13 Å². The van der Waals surface area contributed by atoms with Crippen LogP contribution in [0.25, 0.3) is 0 Å². The van der Waals surface area contributed by atoms with Gasteiger partial charge in [-0.1, -0.05) is 24.3 Å². The molecule has 0 radical (unpaired) electrons. The van der Waals surface area contributed by atoms with Gasteiger partial charge < -0.3 is 16.0 Å². The highest BCUT2D eigenvalue weighted by Gasteiger charge is 2.14. The zero-order valence-electron chi connectivity index (χ0n) is 14.3. The number of carbonyl (C=O) groups is 2. The van der Waals surface area contributed by atoms with Crippen LogP contribution in [0.4, 0.5) is 10.8 Å². The van der Waals surface area contributed by atoms with Crippen LogP contribution in [-0.4, -0.2) is 29.9 Å². The van der Waals surface area contributed by atoms with Crippen LogP contribution in [0.2, 0.25) is 0 Å². The minimum absolute atomic E-state index is 0.191. The Morgan fingerprint density at radius 1 is 1.29 bits per heavy atom. The van der Waals surface area contributed by atoms with Gasteiger partial charge in [-0.15, -0.1) is 0 Å². The molecule has 0 fully saturated rings. The number of amides is 2. The number of hydrogen-bond donors (Lipinski definition) is 3. The van der Waals surface area contributed by atoms with Crippen LogP contribution in [0.3, 0.4) is 0 Å². The lowest BCUT2D eigenvalue weighted by molar-refractivity contribution is 0.0961. The summed E-state index contributed by atoms with van der Waals surface area (Å²) in [5.41, 5.74) is 2.01. The number of rotatable bonds is 6. The maximum atomic E-state index is 12.4. The number of aryl methyl sites for hydroxylation is 1. The highest BCUT2D eigenvalue weighted by atomic mass is 32.1. The molecule has 0 bridgehead atoms. The van der Waals surface area contributed by atoms with Crippen molar-refractivity contribution in [3.05, 3.63) is 40.4 Å². The summed E-state index contributed by atoms with van der Waals surface area (Å²) in [5, 5.41) is 9.40. The van der Waals surface area contributed by atoms with E-state index in [0.717, 1.165) is 17.1 Å². The summed E-state index contributed by atoms with van der Waals surface area (Å²) in [5.74, 6) is -0.426. The van der Waals surface area contributed by atoms with E-state index in [4.69, 9.17) is 0 Å². The molecule has 0 saturated carbocycles. The summed E-state index contributed by atoms with van der Waals surface area (Å²) in [6.07, 6.45) is 2.54. The maximum Gasteiger partial charge on any atom is 0.267 e. The van der Waals surface area contributed by atoms with Gasteiger partial charge in [-0.25, -0.2) is 4.98 Å². The van der Waals surface area contributed by atoms with Crippen molar-refractivity contribution >= 4 is 34.0 Å². The first-order valence-electron chi connectivity index (χ1n) is 7.81. The molecule has 0 aliphatic heterocycles. The summed E-state index contributed by atoms with van der Waals surface area (Å²) in [4.78, 5) is 28.9. The Kier molecular flexibility index (Phi) is 5.92. The van der Waals surface area contributed by atoms with Crippen molar-refractivity contribution in [2.75, 3.05) is 17.7 Å². The van der Waals surface area contributed by atoms with Crippen LogP contribution in [-0.2, 0) is 0 Å². The number of benzene rings is 1. The first kappa shape index (κ1) is 17.9. The second-order valence-electron chi connectivity index (χ2n) is 5.55. The lowest BCUT2D eigenvalue weighted by atomic mass is 10.1. The van der Waals surface area contributed by atoms with Crippen LogP contribution in [0.15, 0.2) is 24.4 Å². The van der Waals surface area contributed by atoms with Crippen LogP contribution in [0.5, 0.6) is 0 Å². The lowest BCUT2D eigenvalue weighted by Gasteiger charge is -2.10. The van der Waals surface area contributed by atoms with Gasteiger partial charge in [0, 0.05) is 24.3 Å². The van der Waals surface area contributed by atoms with Gasteiger partial charge in [0.05, 0.1) is 6.20 Å². The molecule has 6 nitrogen and oxygen atoms in total. The van der Waals surface area contributed by atoms with E-state index in [1.165, 1.54) is 11.3 Å². The molecule has 0 aliphatic rings. The molecule has 1 atom stereocenters. The van der Waals surface area contributed by atoms with Crippen molar-refractivity contribution in [2.24, 2.45) is 0 Å². The summed E-state index contributed by atoms with van der Waals surface area (Å²) in [6, 6.07) is 5.51. The Hall–Kier alpha value is -2.41. The molecule has 1 aromatic carbocycles. The van der Waals surface area contributed by atoms with E-state index < -0.39 is 0 Å². The van der Waals surface area contributed by atoms with E-state index in [1.807, 2.05) is 13.0 Å². The summed E-state index contributed by atoms with van der Waals surface area (Å²) in [6.45, 7) is 6.03. The second kappa shape index (κ2) is 7.92. The van der Waals surface area contributed by atoms with Gasteiger partial charge in [0.2, 0.25) is 0 Å². The fourth-order valence-corrected chi connectivity index (χ4v) is 2.81. The molecule has 3 N–H and O–H groups in total. The van der Waals surface area contributed by atoms with Crippen molar-refractivity contribution in [1.82, 2.24) is 10.3 Å². The third-order valence-electron chi connectivity index (χ3n) is 3.69. The van der Waals surface area contributed by atoms with Crippen LogP contribution in [0.1, 0.15) is 45.9 Å². The van der Waals surface area contributed by atoms with Gasteiger partial charge in [0.25, 0.3) is 11.8 Å². The van der Waals surface area contributed by atoms with Gasteiger partial charge in [-0.2, -0.15) is 0 Å². The fourth-order valence-electron chi connectivity index (χ4n) is 1.98. The molecule has 0 aliphatic carbocycles. The minimum Gasteiger partial charge on any atom is -0.359 e. The van der Waals surface area contributed by atoms with E-state index in [-0.39, 0.29) is 11.8 Å². The quantitative estimate of drug-likeness (QED) is 0.749. The molecule has 0 unspecified atom stereocenters. The van der Waals surface area contributed by atoms with Crippen LogP contribution < -0.4 is 16.0 Å². The molecule has 24 heavy (non-hydrogen) atoms. The Labute approximate surface area is 145 Å². The first-order valence-corrected chi connectivity index (χ1v) is 8.62. The maximum absolute atomic E-state index is 12.4. The smallest absolute Gasteiger partial charge is 0.267 e. The van der Waals surface area contributed by atoms with Crippen molar-refractivity contribution in [3.63, 3.8) is 0 Å². The lowest BCUT2D eigenvalue weighted by Crippen LogP contribution is -2.18. The van der Waals surface area contributed by atoms with E-state index in [0.29, 0.717) is 22.2 Å². The average Bonchev–Trinajstić information content (AvgIpc) is 3.04. The van der Waals surface area contributed by atoms with E-state index >= 15 is 0 Å². The van der Waals surface area contributed by atoms with E-state index in [1.54, 1.807) is 25.4 Å². The molecule has 128 valence electrons.